The molecular formula is C14H24N4O. The van der Waals surface area contributed by atoms with Gasteiger partial charge in [0.05, 0.1) is 6.61 Å². The highest BCUT2D eigenvalue weighted by molar-refractivity contribution is 5.67. The van der Waals surface area contributed by atoms with Crippen LogP contribution in [0, 0.1) is 0 Å². The van der Waals surface area contributed by atoms with Gasteiger partial charge in [-0.2, -0.15) is 4.98 Å². The molecular weight excluding hydrogens is 240 g/mol. The van der Waals surface area contributed by atoms with Gasteiger partial charge in [0.2, 0.25) is 5.88 Å². The summed E-state index contributed by atoms with van der Waals surface area (Å²) in [5.41, 5.74) is 6.49. The van der Waals surface area contributed by atoms with Gasteiger partial charge in [0, 0.05) is 11.5 Å². The van der Waals surface area contributed by atoms with Gasteiger partial charge in [0.15, 0.2) is 5.82 Å². The number of nitrogens with two attached hydrogens (primary N) is 1. The first-order valence-electron chi connectivity index (χ1n) is 6.99. The Hall–Kier alpha value is -1.52. The Kier molecular flexibility index (Phi) is 3.83. The van der Waals surface area contributed by atoms with Crippen LogP contribution in [0.2, 0.25) is 0 Å². The van der Waals surface area contributed by atoms with Crippen molar-refractivity contribution in [1.29, 1.82) is 0 Å². The van der Waals surface area contributed by atoms with Crippen LogP contribution in [0.5, 0.6) is 5.88 Å². The van der Waals surface area contributed by atoms with Crippen molar-refractivity contribution in [2.45, 2.75) is 58.4 Å². The predicted molar refractivity (Wildman–Crippen MR) is 77.6 cm³/mol. The molecule has 1 heterocycles. The maximum Gasteiger partial charge on any atom is 0.242 e. The van der Waals surface area contributed by atoms with Gasteiger partial charge in [0.25, 0.3) is 0 Å². The third-order valence-electron chi connectivity index (χ3n) is 2.94. The van der Waals surface area contributed by atoms with E-state index >= 15 is 0 Å². The molecule has 1 aromatic rings. The van der Waals surface area contributed by atoms with E-state index < -0.39 is 0 Å². The van der Waals surface area contributed by atoms with E-state index in [9.17, 15) is 0 Å². The van der Waals surface area contributed by atoms with E-state index in [-0.39, 0.29) is 5.41 Å². The minimum absolute atomic E-state index is 0.127. The highest BCUT2D eigenvalue weighted by Gasteiger charge is 2.26. The zero-order valence-corrected chi connectivity index (χ0v) is 12.3. The fraction of sp³-hybridized carbons (Fsp3) is 0.714. The maximum absolute atomic E-state index is 6.10. The second-order valence-electron chi connectivity index (χ2n) is 6.13. The molecule has 0 radical (unpaired) electrons. The van der Waals surface area contributed by atoms with E-state index in [0.717, 1.165) is 12.2 Å². The standard InChI is InChI=1S/C14H24N4O/c1-5-8-19-12-10(15)11(16-9-6-7-9)17-13(18-12)14(2,3)4/h9H,5-8,15H2,1-4H3,(H,16,17,18). The average molecular weight is 264 g/mol. The number of anilines is 2. The predicted octanol–water partition coefficient (Wildman–Crippen LogP) is 2.72. The first kappa shape index (κ1) is 13.9. The molecule has 0 spiro atoms. The lowest BCUT2D eigenvalue weighted by atomic mass is 9.96. The molecule has 0 bridgehead atoms. The Morgan fingerprint density at radius 3 is 2.53 bits per heavy atom. The van der Waals surface area contributed by atoms with E-state index in [0.29, 0.717) is 30.0 Å². The number of ether oxygens (including phenoxy) is 1. The van der Waals surface area contributed by atoms with Crippen LogP contribution >= 0.6 is 0 Å². The van der Waals surface area contributed by atoms with Gasteiger partial charge >= 0.3 is 0 Å². The fourth-order valence-corrected chi connectivity index (χ4v) is 1.62. The summed E-state index contributed by atoms with van der Waals surface area (Å²) in [7, 11) is 0. The lowest BCUT2D eigenvalue weighted by Crippen LogP contribution is -2.20. The summed E-state index contributed by atoms with van der Waals surface area (Å²) in [6.45, 7) is 8.94. The molecule has 0 unspecified atom stereocenters. The molecule has 0 saturated heterocycles. The van der Waals surface area contributed by atoms with Crippen molar-refractivity contribution >= 4 is 11.5 Å². The van der Waals surface area contributed by atoms with Gasteiger partial charge in [0.1, 0.15) is 11.5 Å². The molecule has 5 heteroatoms. The molecule has 19 heavy (non-hydrogen) atoms. The van der Waals surface area contributed by atoms with Crippen molar-refractivity contribution in [3.05, 3.63) is 5.82 Å². The van der Waals surface area contributed by atoms with E-state index in [1.54, 1.807) is 0 Å². The fourth-order valence-electron chi connectivity index (χ4n) is 1.62. The van der Waals surface area contributed by atoms with Gasteiger partial charge in [-0.3, -0.25) is 0 Å². The van der Waals surface area contributed by atoms with Gasteiger partial charge in [-0.15, -0.1) is 0 Å². The molecule has 0 aromatic carbocycles. The average Bonchev–Trinajstić information content (AvgIpc) is 3.12. The Labute approximate surface area is 115 Å². The third kappa shape index (κ3) is 3.49. The number of nitrogens with zero attached hydrogens (tertiary/aromatic N) is 2. The zero-order valence-electron chi connectivity index (χ0n) is 12.3. The van der Waals surface area contributed by atoms with Gasteiger partial charge < -0.3 is 15.8 Å². The SMILES string of the molecule is CCCOc1nc(C(C)(C)C)nc(NC2CC2)c1N. The van der Waals surface area contributed by atoms with Crippen LogP contribution in [-0.4, -0.2) is 22.6 Å². The largest absolute Gasteiger partial charge is 0.476 e. The van der Waals surface area contributed by atoms with E-state index in [2.05, 4.69) is 43.0 Å². The highest BCUT2D eigenvalue weighted by Crippen LogP contribution is 2.33. The molecule has 1 aliphatic rings. The minimum Gasteiger partial charge on any atom is -0.476 e. The van der Waals surface area contributed by atoms with Crippen molar-refractivity contribution in [2.24, 2.45) is 0 Å². The molecule has 3 N–H and O–H groups in total. The lowest BCUT2D eigenvalue weighted by molar-refractivity contribution is 0.303. The molecule has 5 nitrogen and oxygen atoms in total. The van der Waals surface area contributed by atoms with Crippen LogP contribution in [0.25, 0.3) is 0 Å². The number of hydrogen-bond donors (Lipinski definition) is 2. The van der Waals surface area contributed by atoms with Crippen LogP contribution in [0.1, 0.15) is 52.8 Å². The van der Waals surface area contributed by atoms with Crippen molar-refractivity contribution in [3.8, 4) is 5.88 Å². The smallest absolute Gasteiger partial charge is 0.242 e. The molecule has 106 valence electrons. The lowest BCUT2D eigenvalue weighted by Gasteiger charge is -2.20. The van der Waals surface area contributed by atoms with Crippen molar-refractivity contribution in [2.75, 3.05) is 17.7 Å². The van der Waals surface area contributed by atoms with Crippen LogP contribution < -0.4 is 15.8 Å². The molecule has 1 aliphatic carbocycles. The van der Waals surface area contributed by atoms with Crippen LogP contribution in [0.4, 0.5) is 11.5 Å². The summed E-state index contributed by atoms with van der Waals surface area (Å²) >= 11 is 0. The third-order valence-corrected chi connectivity index (χ3v) is 2.94. The summed E-state index contributed by atoms with van der Waals surface area (Å²) in [6, 6.07) is 0.504. The number of aromatic nitrogens is 2. The van der Waals surface area contributed by atoms with Crippen molar-refractivity contribution < 1.29 is 4.74 Å². The Morgan fingerprint density at radius 1 is 1.32 bits per heavy atom. The molecule has 1 saturated carbocycles. The number of rotatable bonds is 5. The summed E-state index contributed by atoms with van der Waals surface area (Å²) in [5, 5.41) is 3.36. The quantitative estimate of drug-likeness (QED) is 0.855. The Balaban J connectivity index is 2.34. The second-order valence-corrected chi connectivity index (χ2v) is 6.13. The summed E-state index contributed by atoms with van der Waals surface area (Å²) in [6.07, 6.45) is 3.29. The first-order chi connectivity index (χ1) is 8.91. The zero-order chi connectivity index (χ0) is 14.0. The topological polar surface area (TPSA) is 73.1 Å². The maximum atomic E-state index is 6.10. The van der Waals surface area contributed by atoms with E-state index in [1.807, 2.05) is 0 Å². The number of nitrogen functional groups attached to an aromatic ring is 1. The summed E-state index contributed by atoms with van der Waals surface area (Å²) < 4.78 is 5.65. The van der Waals surface area contributed by atoms with Gasteiger partial charge in [-0.05, 0) is 19.3 Å². The summed E-state index contributed by atoms with van der Waals surface area (Å²) in [5.74, 6) is 1.98. The molecule has 1 aromatic heterocycles. The Morgan fingerprint density at radius 2 is 2.00 bits per heavy atom. The monoisotopic (exact) mass is 264 g/mol. The van der Waals surface area contributed by atoms with Crippen LogP contribution in [0.15, 0.2) is 0 Å². The van der Waals surface area contributed by atoms with Crippen molar-refractivity contribution in [1.82, 2.24) is 9.97 Å². The second kappa shape index (κ2) is 5.23. The van der Waals surface area contributed by atoms with Crippen LogP contribution in [-0.2, 0) is 5.41 Å². The van der Waals surface area contributed by atoms with Crippen LogP contribution in [0.3, 0.4) is 0 Å². The first-order valence-corrected chi connectivity index (χ1v) is 6.99. The normalized spacial score (nSPS) is 15.4. The molecule has 1 fully saturated rings. The molecule has 0 atom stereocenters. The van der Waals surface area contributed by atoms with Gasteiger partial charge in [-0.1, -0.05) is 27.7 Å². The number of hydrogen-bond acceptors (Lipinski definition) is 5. The minimum atomic E-state index is -0.127. The highest BCUT2D eigenvalue weighted by atomic mass is 16.5. The van der Waals surface area contributed by atoms with Crippen molar-refractivity contribution in [3.63, 3.8) is 0 Å². The van der Waals surface area contributed by atoms with E-state index in [1.165, 1.54) is 12.8 Å². The molecule has 0 aliphatic heterocycles. The van der Waals surface area contributed by atoms with Gasteiger partial charge in [-0.25, -0.2) is 4.98 Å². The van der Waals surface area contributed by atoms with E-state index in [4.69, 9.17) is 10.5 Å². The molecule has 0 amide bonds. The number of nitrogens with one attached hydrogen (secondary N) is 1. The summed E-state index contributed by atoms with van der Waals surface area (Å²) in [4.78, 5) is 9.04. The molecule has 2 rings (SSSR count). The Bertz CT molecular complexity index is 449.